The summed E-state index contributed by atoms with van der Waals surface area (Å²) in [5.74, 6) is 1.91. The summed E-state index contributed by atoms with van der Waals surface area (Å²) >= 11 is 0. The molecule has 0 unspecified atom stereocenters. The smallest absolute Gasteiger partial charge is 0.203 e. The van der Waals surface area contributed by atoms with Gasteiger partial charge in [-0.15, -0.1) is 0 Å². The number of rotatable bonds is 8. The van der Waals surface area contributed by atoms with E-state index >= 15 is 0 Å². The first-order chi connectivity index (χ1) is 13.1. The van der Waals surface area contributed by atoms with Crippen LogP contribution < -0.4 is 19.6 Å². The van der Waals surface area contributed by atoms with Gasteiger partial charge >= 0.3 is 0 Å². The van der Waals surface area contributed by atoms with Gasteiger partial charge < -0.3 is 18.9 Å². The van der Waals surface area contributed by atoms with Gasteiger partial charge in [0.15, 0.2) is 17.3 Å². The van der Waals surface area contributed by atoms with E-state index in [4.69, 9.17) is 18.9 Å². The van der Waals surface area contributed by atoms with E-state index in [2.05, 4.69) is 21.6 Å². The number of ether oxygens (including phenoxy) is 4. The molecule has 2 aromatic rings. The predicted molar refractivity (Wildman–Crippen MR) is 102 cm³/mol. The summed E-state index contributed by atoms with van der Waals surface area (Å²) in [6, 6.07) is 7.48. The molecular weight excluding hydrogens is 348 g/mol. The zero-order chi connectivity index (χ0) is 19.8. The molecule has 1 aromatic heterocycles. The molecule has 0 aliphatic rings. The second-order valence-corrected chi connectivity index (χ2v) is 5.52. The molecule has 1 aromatic carbocycles. The van der Waals surface area contributed by atoms with Crippen molar-refractivity contribution in [2.75, 3.05) is 33.9 Å². The van der Waals surface area contributed by atoms with Crippen LogP contribution in [0.1, 0.15) is 22.4 Å². The molecule has 1 heterocycles. The summed E-state index contributed by atoms with van der Waals surface area (Å²) in [7, 11) is 6.21. The van der Waals surface area contributed by atoms with E-state index in [-0.39, 0.29) is 0 Å². The van der Waals surface area contributed by atoms with Crippen molar-refractivity contribution in [1.82, 2.24) is 4.98 Å². The number of nitrogens with zero attached hydrogens (tertiary/aromatic N) is 3. The molecule has 0 radical (unpaired) electrons. The normalized spacial score (nSPS) is 10.5. The van der Waals surface area contributed by atoms with Crippen LogP contribution in [0.2, 0.25) is 0 Å². The minimum atomic E-state index is 0.317. The van der Waals surface area contributed by atoms with Gasteiger partial charge in [0.2, 0.25) is 5.75 Å². The highest BCUT2D eigenvalue weighted by Gasteiger charge is 2.13. The van der Waals surface area contributed by atoms with Crippen LogP contribution in [0.15, 0.2) is 23.3 Å². The molecular formula is C19H22N4O4. The van der Waals surface area contributed by atoms with Crippen molar-refractivity contribution in [3.8, 4) is 23.3 Å². The number of aromatic nitrogens is 1. The Hall–Kier alpha value is -3.31. The van der Waals surface area contributed by atoms with Crippen LogP contribution in [-0.2, 0) is 11.3 Å². The summed E-state index contributed by atoms with van der Waals surface area (Å²) in [4.78, 5) is 4.34. The van der Waals surface area contributed by atoms with E-state index in [1.807, 2.05) is 13.0 Å². The average Bonchev–Trinajstić information content (AvgIpc) is 2.67. The largest absolute Gasteiger partial charge is 0.493 e. The molecule has 8 heteroatoms. The van der Waals surface area contributed by atoms with Crippen LogP contribution >= 0.6 is 0 Å². The molecule has 0 bridgehead atoms. The lowest BCUT2D eigenvalue weighted by atomic mass is 10.1. The highest BCUT2D eigenvalue weighted by Crippen LogP contribution is 2.37. The molecule has 142 valence electrons. The van der Waals surface area contributed by atoms with Gasteiger partial charge in [-0.1, -0.05) is 0 Å². The van der Waals surface area contributed by atoms with Crippen molar-refractivity contribution >= 4 is 12.0 Å². The average molecular weight is 370 g/mol. The van der Waals surface area contributed by atoms with Crippen LogP contribution in [-0.4, -0.2) is 39.6 Å². The zero-order valence-electron chi connectivity index (χ0n) is 16.0. The molecule has 2 rings (SSSR count). The van der Waals surface area contributed by atoms with Gasteiger partial charge in [-0.3, -0.25) is 5.43 Å². The standard InChI is InChI=1S/C19H22N4O4/c1-12-6-14(11-24-2)15(9-20)19(22-12)23-21-10-13-7-16(25-3)18(27-5)17(8-13)26-4/h6-8,10H,11H2,1-5H3,(H,22,23)/b21-10+. The number of benzene rings is 1. The highest BCUT2D eigenvalue weighted by molar-refractivity contribution is 5.83. The Bertz CT molecular complexity index is 850. The number of hydrogen-bond donors (Lipinski definition) is 1. The summed E-state index contributed by atoms with van der Waals surface area (Å²) in [6.45, 7) is 2.16. The Morgan fingerprint density at radius 1 is 1.11 bits per heavy atom. The number of nitrogens with one attached hydrogen (secondary N) is 1. The van der Waals surface area contributed by atoms with E-state index in [0.29, 0.717) is 35.2 Å². The zero-order valence-corrected chi connectivity index (χ0v) is 16.0. The Morgan fingerprint density at radius 3 is 2.30 bits per heavy atom. The first-order valence-corrected chi connectivity index (χ1v) is 8.06. The molecule has 0 fully saturated rings. The van der Waals surface area contributed by atoms with E-state index in [1.165, 1.54) is 0 Å². The number of hydrogen-bond acceptors (Lipinski definition) is 8. The third-order valence-electron chi connectivity index (χ3n) is 3.71. The van der Waals surface area contributed by atoms with Crippen molar-refractivity contribution in [3.05, 3.63) is 40.6 Å². The van der Waals surface area contributed by atoms with E-state index < -0.39 is 0 Å². The number of methoxy groups -OCH3 is 4. The summed E-state index contributed by atoms with van der Waals surface area (Å²) in [6.07, 6.45) is 1.58. The van der Waals surface area contributed by atoms with Gasteiger partial charge in [-0.05, 0) is 25.1 Å². The van der Waals surface area contributed by atoms with Crippen LogP contribution in [0, 0.1) is 18.3 Å². The molecule has 0 saturated heterocycles. The summed E-state index contributed by atoms with van der Waals surface area (Å²) < 4.78 is 21.1. The summed E-state index contributed by atoms with van der Waals surface area (Å²) in [5.41, 5.74) is 5.44. The lowest BCUT2D eigenvalue weighted by molar-refractivity contribution is 0.184. The molecule has 8 nitrogen and oxygen atoms in total. The van der Waals surface area contributed by atoms with Gasteiger partial charge in [0.25, 0.3) is 0 Å². The maximum absolute atomic E-state index is 9.44. The van der Waals surface area contributed by atoms with Crippen molar-refractivity contribution in [2.45, 2.75) is 13.5 Å². The van der Waals surface area contributed by atoms with Gasteiger partial charge in [0.1, 0.15) is 11.6 Å². The molecule has 0 aliphatic carbocycles. The SMILES string of the molecule is COCc1cc(C)nc(N/N=C/c2cc(OC)c(OC)c(OC)c2)c1C#N. The third kappa shape index (κ3) is 4.65. The fourth-order valence-electron chi connectivity index (χ4n) is 2.56. The first kappa shape index (κ1) is 20.0. The summed E-state index contributed by atoms with van der Waals surface area (Å²) in [5, 5.41) is 13.6. The van der Waals surface area contributed by atoms with Crippen LogP contribution in [0.3, 0.4) is 0 Å². The number of nitriles is 1. The molecule has 0 atom stereocenters. The molecule has 0 saturated carbocycles. The van der Waals surface area contributed by atoms with Gasteiger partial charge in [0, 0.05) is 23.9 Å². The number of hydrazone groups is 1. The molecule has 27 heavy (non-hydrogen) atoms. The first-order valence-electron chi connectivity index (χ1n) is 8.06. The van der Waals surface area contributed by atoms with Crippen LogP contribution in [0.5, 0.6) is 17.2 Å². The van der Waals surface area contributed by atoms with Gasteiger partial charge in [-0.25, -0.2) is 4.98 Å². The maximum Gasteiger partial charge on any atom is 0.203 e. The maximum atomic E-state index is 9.44. The topological polar surface area (TPSA) is 98.0 Å². The monoisotopic (exact) mass is 370 g/mol. The van der Waals surface area contributed by atoms with Crippen LogP contribution in [0.4, 0.5) is 5.82 Å². The highest BCUT2D eigenvalue weighted by atomic mass is 16.5. The van der Waals surface area contributed by atoms with Gasteiger partial charge in [-0.2, -0.15) is 10.4 Å². The number of aryl methyl sites for hydroxylation is 1. The lowest BCUT2D eigenvalue weighted by Crippen LogP contribution is -2.03. The fraction of sp³-hybridized carbons (Fsp3) is 0.316. The van der Waals surface area contributed by atoms with E-state index in [1.54, 1.807) is 46.8 Å². The van der Waals surface area contributed by atoms with E-state index in [0.717, 1.165) is 16.8 Å². The van der Waals surface area contributed by atoms with Crippen molar-refractivity contribution in [1.29, 1.82) is 5.26 Å². The van der Waals surface area contributed by atoms with E-state index in [9.17, 15) is 5.26 Å². The molecule has 0 amide bonds. The van der Waals surface area contributed by atoms with Crippen molar-refractivity contribution < 1.29 is 18.9 Å². The second kappa shape index (κ2) is 9.40. The lowest BCUT2D eigenvalue weighted by Gasteiger charge is -2.12. The van der Waals surface area contributed by atoms with Crippen molar-refractivity contribution in [3.63, 3.8) is 0 Å². The Kier molecular flexibility index (Phi) is 6.97. The minimum absolute atomic E-state index is 0.317. The molecule has 1 N–H and O–H groups in total. The second-order valence-electron chi connectivity index (χ2n) is 5.52. The Labute approximate surface area is 158 Å². The van der Waals surface area contributed by atoms with Crippen molar-refractivity contribution in [2.24, 2.45) is 5.10 Å². The number of anilines is 1. The predicted octanol–water partition coefficient (Wildman–Crippen LogP) is 2.88. The number of pyridine rings is 1. The quantitative estimate of drug-likeness (QED) is 0.563. The van der Waals surface area contributed by atoms with Crippen LogP contribution in [0.25, 0.3) is 0 Å². The third-order valence-corrected chi connectivity index (χ3v) is 3.71. The molecule has 0 aliphatic heterocycles. The molecule has 0 spiro atoms. The Balaban J connectivity index is 2.32. The minimum Gasteiger partial charge on any atom is -0.493 e. The Morgan fingerprint density at radius 2 is 1.78 bits per heavy atom. The fourth-order valence-corrected chi connectivity index (χ4v) is 2.56. The van der Waals surface area contributed by atoms with Gasteiger partial charge in [0.05, 0.1) is 34.2 Å².